The van der Waals surface area contributed by atoms with Crippen LogP contribution in [0.5, 0.6) is 0 Å². The lowest BCUT2D eigenvalue weighted by molar-refractivity contribution is -0.223. The summed E-state index contributed by atoms with van der Waals surface area (Å²) < 4.78 is 11.9. The van der Waals surface area contributed by atoms with E-state index in [1.54, 1.807) is 27.3 Å². The minimum Gasteiger partial charge on any atom is -0.481 e. The van der Waals surface area contributed by atoms with Crippen molar-refractivity contribution in [2.75, 3.05) is 14.2 Å². The molecular formula is C14H20BrNO4. The molecule has 0 aliphatic rings. The van der Waals surface area contributed by atoms with Gasteiger partial charge < -0.3 is 14.6 Å². The zero-order valence-electron chi connectivity index (χ0n) is 11.9. The van der Waals surface area contributed by atoms with Gasteiger partial charge in [-0.2, -0.15) is 0 Å². The molecule has 6 heteroatoms. The molecule has 0 spiro atoms. The van der Waals surface area contributed by atoms with E-state index >= 15 is 0 Å². The first kappa shape index (κ1) is 17.1. The van der Waals surface area contributed by atoms with Gasteiger partial charge in [0.25, 0.3) is 0 Å². The maximum absolute atomic E-state index is 10.8. The Hall–Kier alpha value is -0.980. The quantitative estimate of drug-likeness (QED) is 0.732. The zero-order chi connectivity index (χ0) is 15.2. The van der Waals surface area contributed by atoms with Gasteiger partial charge in [0.15, 0.2) is 0 Å². The Kier molecular flexibility index (Phi) is 6.58. The van der Waals surface area contributed by atoms with E-state index in [1.807, 2.05) is 12.1 Å². The summed E-state index contributed by atoms with van der Waals surface area (Å²) in [5.74, 6) is -2.11. The predicted octanol–water partition coefficient (Wildman–Crippen LogP) is 3.18. The third-order valence-corrected chi connectivity index (χ3v) is 3.83. The first-order chi connectivity index (χ1) is 9.45. The Bertz CT molecular complexity index is 449. The van der Waals surface area contributed by atoms with E-state index in [0.717, 1.165) is 4.47 Å². The molecule has 0 fully saturated rings. The lowest BCUT2D eigenvalue weighted by Crippen LogP contribution is -2.32. The summed E-state index contributed by atoms with van der Waals surface area (Å²) in [6, 6.07) is 3.67. The van der Waals surface area contributed by atoms with Crippen molar-refractivity contribution in [1.29, 1.82) is 0 Å². The number of pyridine rings is 1. The minimum absolute atomic E-state index is 0.378. The molecule has 0 unspecified atom stereocenters. The van der Waals surface area contributed by atoms with E-state index in [4.69, 9.17) is 14.6 Å². The van der Waals surface area contributed by atoms with Crippen LogP contribution in [0.1, 0.15) is 31.9 Å². The van der Waals surface area contributed by atoms with Gasteiger partial charge in [-0.3, -0.25) is 9.78 Å². The Morgan fingerprint density at radius 1 is 1.50 bits per heavy atom. The van der Waals surface area contributed by atoms with E-state index in [0.29, 0.717) is 25.0 Å². The molecule has 1 atom stereocenters. The number of hydrogen-bond donors (Lipinski definition) is 1. The van der Waals surface area contributed by atoms with Crippen LogP contribution in [0.25, 0.3) is 0 Å². The molecule has 1 aromatic heterocycles. The van der Waals surface area contributed by atoms with Crippen molar-refractivity contribution in [3.8, 4) is 0 Å². The smallest absolute Gasteiger partial charge is 0.306 e. The second-order valence-corrected chi connectivity index (χ2v) is 5.57. The number of rotatable bonds is 8. The summed E-state index contributed by atoms with van der Waals surface area (Å²) in [4.78, 5) is 15.1. The molecule has 1 rings (SSSR count). The van der Waals surface area contributed by atoms with Gasteiger partial charge in [-0.1, -0.05) is 22.9 Å². The molecule has 0 amide bonds. The summed E-state index contributed by atoms with van der Waals surface area (Å²) in [5, 5.41) is 8.90. The van der Waals surface area contributed by atoms with Crippen LogP contribution in [-0.4, -0.2) is 30.3 Å². The lowest BCUT2D eigenvalue weighted by atomic mass is 9.99. The zero-order valence-corrected chi connectivity index (χ0v) is 13.5. The molecule has 1 N–H and O–H groups in total. The first-order valence-electron chi connectivity index (χ1n) is 6.40. The average Bonchev–Trinajstić information content (AvgIpc) is 2.43. The second-order valence-electron chi connectivity index (χ2n) is 4.65. The highest BCUT2D eigenvalue weighted by molar-refractivity contribution is 9.10. The van der Waals surface area contributed by atoms with Gasteiger partial charge in [0.2, 0.25) is 5.79 Å². The van der Waals surface area contributed by atoms with Crippen molar-refractivity contribution in [3.63, 3.8) is 0 Å². The number of nitrogens with zero attached hydrogens (tertiary/aromatic N) is 1. The molecule has 0 aliphatic heterocycles. The standard InChI is InChI=1S/C14H20BrNO4/c1-10(13(17)18)5-4-7-14(19-2,20-3)12-9-11(15)6-8-16-12/h6,8-10H,4-5,7H2,1-3H3,(H,17,18)/t10-/m1/s1. The summed E-state index contributed by atoms with van der Waals surface area (Å²) >= 11 is 3.39. The van der Waals surface area contributed by atoms with Crippen molar-refractivity contribution in [3.05, 3.63) is 28.5 Å². The molecule has 0 radical (unpaired) electrons. The molecule has 1 aromatic rings. The number of aromatic nitrogens is 1. The minimum atomic E-state index is -0.942. The van der Waals surface area contributed by atoms with Crippen LogP contribution in [0.2, 0.25) is 0 Å². The molecule has 0 aliphatic carbocycles. The van der Waals surface area contributed by atoms with Crippen molar-refractivity contribution < 1.29 is 19.4 Å². The van der Waals surface area contributed by atoms with E-state index in [9.17, 15) is 4.79 Å². The normalized spacial score (nSPS) is 13.2. The largest absolute Gasteiger partial charge is 0.481 e. The first-order valence-corrected chi connectivity index (χ1v) is 7.19. The number of carboxylic acids is 1. The van der Waals surface area contributed by atoms with Crippen LogP contribution in [-0.2, 0) is 20.1 Å². The van der Waals surface area contributed by atoms with Gasteiger partial charge in [-0.15, -0.1) is 0 Å². The Morgan fingerprint density at radius 2 is 2.15 bits per heavy atom. The molecule has 1 heterocycles. The second kappa shape index (κ2) is 7.71. The van der Waals surface area contributed by atoms with Crippen molar-refractivity contribution >= 4 is 21.9 Å². The fourth-order valence-corrected chi connectivity index (χ4v) is 2.34. The Balaban J connectivity index is 2.79. The predicted molar refractivity (Wildman–Crippen MR) is 78.3 cm³/mol. The summed E-state index contributed by atoms with van der Waals surface area (Å²) in [5.41, 5.74) is 0.667. The summed E-state index contributed by atoms with van der Waals surface area (Å²) in [7, 11) is 3.12. The van der Waals surface area contributed by atoms with E-state index in [2.05, 4.69) is 20.9 Å². The summed E-state index contributed by atoms with van der Waals surface area (Å²) in [6.45, 7) is 1.70. The monoisotopic (exact) mass is 345 g/mol. The van der Waals surface area contributed by atoms with E-state index in [1.165, 1.54) is 0 Å². The van der Waals surface area contributed by atoms with Crippen LogP contribution < -0.4 is 0 Å². The molecule has 0 saturated carbocycles. The topological polar surface area (TPSA) is 68.7 Å². The number of aliphatic carboxylic acids is 1. The van der Waals surface area contributed by atoms with Gasteiger partial charge in [0.1, 0.15) is 5.69 Å². The van der Waals surface area contributed by atoms with Crippen LogP contribution in [0, 0.1) is 5.92 Å². The maximum atomic E-state index is 10.8. The number of carbonyl (C=O) groups is 1. The number of hydrogen-bond acceptors (Lipinski definition) is 4. The molecule has 112 valence electrons. The lowest BCUT2D eigenvalue weighted by Gasteiger charge is -2.30. The van der Waals surface area contributed by atoms with E-state index in [-0.39, 0.29) is 5.92 Å². The third kappa shape index (κ3) is 4.26. The molecule has 0 saturated heterocycles. The number of halogens is 1. The van der Waals surface area contributed by atoms with Gasteiger partial charge in [-0.25, -0.2) is 0 Å². The maximum Gasteiger partial charge on any atom is 0.306 e. The SMILES string of the molecule is COC(CCC[C@@H](C)C(=O)O)(OC)c1cc(Br)ccn1. The Morgan fingerprint density at radius 3 is 2.65 bits per heavy atom. The van der Waals surface area contributed by atoms with Crippen LogP contribution >= 0.6 is 15.9 Å². The number of methoxy groups -OCH3 is 2. The highest BCUT2D eigenvalue weighted by Crippen LogP contribution is 2.32. The van der Waals surface area contributed by atoms with Gasteiger partial charge in [-0.05, 0) is 25.0 Å². The highest BCUT2D eigenvalue weighted by Gasteiger charge is 2.33. The number of carboxylic acid groups (broad SMARTS) is 1. The Labute approximate surface area is 127 Å². The van der Waals surface area contributed by atoms with Crippen molar-refractivity contribution in [2.45, 2.75) is 32.0 Å². The fourth-order valence-electron chi connectivity index (χ4n) is 2.00. The van der Waals surface area contributed by atoms with Crippen molar-refractivity contribution in [1.82, 2.24) is 4.98 Å². The summed E-state index contributed by atoms with van der Waals surface area (Å²) in [6.07, 6.45) is 3.45. The molecular weight excluding hydrogens is 326 g/mol. The van der Waals surface area contributed by atoms with E-state index < -0.39 is 11.8 Å². The molecule has 5 nitrogen and oxygen atoms in total. The number of ether oxygens (including phenoxy) is 2. The highest BCUT2D eigenvalue weighted by atomic mass is 79.9. The molecule has 0 aromatic carbocycles. The van der Waals surface area contributed by atoms with Crippen LogP contribution in [0.4, 0.5) is 0 Å². The fraction of sp³-hybridized carbons (Fsp3) is 0.571. The van der Waals surface area contributed by atoms with Crippen LogP contribution in [0.15, 0.2) is 22.8 Å². The third-order valence-electron chi connectivity index (χ3n) is 3.34. The molecule has 0 bridgehead atoms. The van der Waals surface area contributed by atoms with Crippen molar-refractivity contribution in [2.24, 2.45) is 5.92 Å². The van der Waals surface area contributed by atoms with Gasteiger partial charge in [0.05, 0.1) is 5.92 Å². The average molecular weight is 346 g/mol. The van der Waals surface area contributed by atoms with Gasteiger partial charge >= 0.3 is 5.97 Å². The van der Waals surface area contributed by atoms with Gasteiger partial charge in [0, 0.05) is 31.3 Å². The molecule has 20 heavy (non-hydrogen) atoms. The van der Waals surface area contributed by atoms with Crippen LogP contribution in [0.3, 0.4) is 0 Å².